The van der Waals surface area contributed by atoms with Crippen LogP contribution in [0.3, 0.4) is 0 Å². The van der Waals surface area contributed by atoms with Crippen LogP contribution in [0.4, 0.5) is 9.59 Å². The molecule has 0 radical (unpaired) electrons. The maximum absolute atomic E-state index is 13.7. The monoisotopic (exact) mass is 721 g/mol. The summed E-state index contributed by atoms with van der Waals surface area (Å²) in [5, 5.41) is 23.3. The van der Waals surface area contributed by atoms with Gasteiger partial charge in [-0.3, -0.25) is 9.78 Å². The first-order valence-corrected chi connectivity index (χ1v) is 18.6. The first-order valence-electron chi connectivity index (χ1n) is 16.8. The standard InChI is InChI=1S/C37H47N5O6S2/c1-24(2)33(42-37(46)47-16-15-28-22-49-35(40-28)25(3)4)34(44)39-29(17-26-11-7-5-8-12-26)19-32(43)31(18-27-13-9-6-10-14-27)41-36(45)48-21-30-20-38-23-50-30/h5-14,20,22-25,29,31-33,43H,15-19,21H2,1-4H3,(H,39,44)(H,41,45)(H,42,46)/t29-,31-,32-,33?/m0/s1. The Hall–Kier alpha value is -4.33. The van der Waals surface area contributed by atoms with Crippen molar-refractivity contribution in [3.63, 3.8) is 0 Å². The van der Waals surface area contributed by atoms with Crippen LogP contribution in [0.15, 0.2) is 77.8 Å². The Balaban J connectivity index is 1.42. The van der Waals surface area contributed by atoms with Gasteiger partial charge in [-0.1, -0.05) is 88.4 Å². The number of aliphatic hydroxyl groups excluding tert-OH is 1. The maximum atomic E-state index is 13.7. The predicted octanol–water partition coefficient (Wildman–Crippen LogP) is 6.03. The molecule has 2 aromatic heterocycles. The highest BCUT2D eigenvalue weighted by Gasteiger charge is 2.30. The van der Waals surface area contributed by atoms with Crippen LogP contribution in [-0.4, -0.2) is 64.0 Å². The lowest BCUT2D eigenvalue weighted by molar-refractivity contribution is -0.125. The number of alkyl carbamates (subject to hydrolysis) is 2. The average molecular weight is 722 g/mol. The molecule has 0 aliphatic rings. The molecule has 3 amide bonds. The van der Waals surface area contributed by atoms with E-state index in [1.54, 1.807) is 23.0 Å². The van der Waals surface area contributed by atoms with E-state index >= 15 is 0 Å². The summed E-state index contributed by atoms with van der Waals surface area (Å²) in [7, 11) is 0. The molecule has 2 aromatic carbocycles. The van der Waals surface area contributed by atoms with Gasteiger partial charge in [-0.15, -0.1) is 22.7 Å². The lowest BCUT2D eigenvalue weighted by Gasteiger charge is -2.30. The van der Waals surface area contributed by atoms with E-state index in [9.17, 15) is 19.5 Å². The summed E-state index contributed by atoms with van der Waals surface area (Å²) in [6, 6.07) is 17.0. The molecule has 4 atom stereocenters. The molecule has 0 aliphatic heterocycles. The van der Waals surface area contributed by atoms with Crippen LogP contribution in [0.25, 0.3) is 0 Å². The van der Waals surface area contributed by atoms with Crippen LogP contribution >= 0.6 is 22.7 Å². The summed E-state index contributed by atoms with van der Waals surface area (Å²) in [5.74, 6) is -0.322. The number of thiazole rings is 2. The van der Waals surface area contributed by atoms with Crippen molar-refractivity contribution in [2.75, 3.05) is 6.61 Å². The third-order valence-electron chi connectivity index (χ3n) is 7.97. The van der Waals surface area contributed by atoms with Gasteiger partial charge in [0.2, 0.25) is 5.91 Å². The van der Waals surface area contributed by atoms with Gasteiger partial charge < -0.3 is 30.5 Å². The number of amides is 3. The lowest BCUT2D eigenvalue weighted by atomic mass is 9.93. The Kier molecular flexibility index (Phi) is 15.2. The Morgan fingerprint density at radius 1 is 0.840 bits per heavy atom. The van der Waals surface area contributed by atoms with Crippen molar-refractivity contribution in [2.24, 2.45) is 5.92 Å². The van der Waals surface area contributed by atoms with Crippen molar-refractivity contribution < 1.29 is 29.0 Å². The van der Waals surface area contributed by atoms with Gasteiger partial charge in [-0.25, -0.2) is 14.6 Å². The van der Waals surface area contributed by atoms with Gasteiger partial charge in [0, 0.05) is 30.0 Å². The van der Waals surface area contributed by atoms with Crippen LogP contribution < -0.4 is 16.0 Å². The SMILES string of the molecule is CC(C)c1nc(CCOC(=O)NC(C(=O)N[C@@H](Cc2ccccc2)C[C@H](O)[C@H](Cc2ccccc2)NC(=O)OCc2cncs2)C(C)C)cs1. The molecule has 4 aromatic rings. The number of hydrogen-bond acceptors (Lipinski definition) is 10. The van der Waals surface area contributed by atoms with Crippen LogP contribution in [-0.2, 0) is 40.1 Å². The van der Waals surface area contributed by atoms with E-state index < -0.39 is 42.3 Å². The number of benzene rings is 2. The number of nitrogens with zero attached hydrogens (tertiary/aromatic N) is 2. The van der Waals surface area contributed by atoms with E-state index in [1.807, 2.05) is 79.9 Å². The molecule has 0 aliphatic carbocycles. The zero-order valence-electron chi connectivity index (χ0n) is 28.9. The molecule has 268 valence electrons. The fourth-order valence-corrected chi connectivity index (χ4v) is 6.66. The topological polar surface area (TPSA) is 152 Å². The van der Waals surface area contributed by atoms with Gasteiger partial charge in [0.05, 0.1) is 39.8 Å². The van der Waals surface area contributed by atoms with Crippen molar-refractivity contribution in [1.82, 2.24) is 25.9 Å². The van der Waals surface area contributed by atoms with Crippen LogP contribution in [0.2, 0.25) is 0 Å². The quantitative estimate of drug-likeness (QED) is 0.0973. The van der Waals surface area contributed by atoms with Gasteiger partial charge in [0.15, 0.2) is 0 Å². The first-order chi connectivity index (χ1) is 24.1. The largest absolute Gasteiger partial charge is 0.449 e. The Labute approximate surface area is 301 Å². The number of aromatic nitrogens is 2. The minimum absolute atomic E-state index is 0.0628. The molecule has 2 heterocycles. The molecule has 0 spiro atoms. The maximum Gasteiger partial charge on any atom is 0.407 e. The second-order valence-electron chi connectivity index (χ2n) is 12.8. The summed E-state index contributed by atoms with van der Waals surface area (Å²) >= 11 is 2.96. The fraction of sp³-hybridized carbons (Fsp3) is 0.432. The number of ether oxygens (including phenoxy) is 2. The number of carbonyl (C=O) groups excluding carboxylic acids is 3. The molecule has 4 N–H and O–H groups in total. The molecule has 1 unspecified atom stereocenters. The second-order valence-corrected chi connectivity index (χ2v) is 14.6. The highest BCUT2D eigenvalue weighted by Crippen LogP contribution is 2.20. The van der Waals surface area contributed by atoms with Gasteiger partial charge in [-0.05, 0) is 36.3 Å². The summed E-state index contributed by atoms with van der Waals surface area (Å²) in [6.45, 7) is 8.03. The first kappa shape index (κ1) is 38.5. The van der Waals surface area contributed by atoms with Crippen molar-refractivity contribution >= 4 is 40.8 Å². The molecular weight excluding hydrogens is 675 g/mol. The smallest absolute Gasteiger partial charge is 0.407 e. The zero-order chi connectivity index (χ0) is 35.9. The Morgan fingerprint density at radius 3 is 2.10 bits per heavy atom. The average Bonchev–Trinajstić information content (AvgIpc) is 3.80. The summed E-state index contributed by atoms with van der Waals surface area (Å²) in [6.07, 6.45) is 0.565. The summed E-state index contributed by atoms with van der Waals surface area (Å²) in [5.41, 5.74) is 4.40. The number of aliphatic hydroxyl groups is 1. The van der Waals surface area contributed by atoms with E-state index in [1.165, 1.54) is 11.3 Å². The zero-order valence-corrected chi connectivity index (χ0v) is 30.5. The van der Waals surface area contributed by atoms with Gasteiger partial charge in [0.1, 0.15) is 12.6 Å². The van der Waals surface area contributed by atoms with E-state index in [2.05, 4.69) is 39.8 Å². The number of carbonyl (C=O) groups is 3. The third kappa shape index (κ3) is 12.8. The van der Waals surface area contributed by atoms with Gasteiger partial charge in [-0.2, -0.15) is 0 Å². The highest BCUT2D eigenvalue weighted by atomic mass is 32.1. The third-order valence-corrected chi connectivity index (χ3v) is 9.92. The van der Waals surface area contributed by atoms with E-state index in [4.69, 9.17) is 9.47 Å². The number of hydrogen-bond donors (Lipinski definition) is 4. The van der Waals surface area contributed by atoms with Crippen molar-refractivity contribution in [3.05, 3.63) is 104 Å². The van der Waals surface area contributed by atoms with Crippen LogP contribution in [0.1, 0.15) is 66.7 Å². The van der Waals surface area contributed by atoms with Crippen molar-refractivity contribution in [1.29, 1.82) is 0 Å². The van der Waals surface area contributed by atoms with Gasteiger partial charge >= 0.3 is 12.2 Å². The second kappa shape index (κ2) is 19.8. The van der Waals surface area contributed by atoms with E-state index in [0.29, 0.717) is 25.2 Å². The van der Waals surface area contributed by atoms with E-state index in [-0.39, 0.29) is 25.6 Å². The number of nitrogens with one attached hydrogen (secondary N) is 3. The normalized spacial score (nSPS) is 13.7. The van der Waals surface area contributed by atoms with Crippen molar-refractivity contribution in [2.45, 2.75) is 90.1 Å². The molecule has 4 rings (SSSR count). The van der Waals surface area contributed by atoms with Crippen molar-refractivity contribution in [3.8, 4) is 0 Å². The Bertz CT molecular complexity index is 1600. The molecule has 11 nitrogen and oxygen atoms in total. The summed E-state index contributed by atoms with van der Waals surface area (Å²) in [4.78, 5) is 48.8. The lowest BCUT2D eigenvalue weighted by Crippen LogP contribution is -2.54. The van der Waals surface area contributed by atoms with Crippen LogP contribution in [0.5, 0.6) is 0 Å². The molecule has 13 heteroatoms. The molecule has 0 saturated heterocycles. The molecular formula is C37H47N5O6S2. The van der Waals surface area contributed by atoms with Gasteiger partial charge in [0.25, 0.3) is 0 Å². The number of rotatable bonds is 18. The highest BCUT2D eigenvalue weighted by molar-refractivity contribution is 7.09. The molecule has 0 bridgehead atoms. The summed E-state index contributed by atoms with van der Waals surface area (Å²) < 4.78 is 10.8. The van der Waals surface area contributed by atoms with E-state index in [0.717, 1.165) is 26.7 Å². The van der Waals surface area contributed by atoms with Crippen LogP contribution in [0, 0.1) is 5.92 Å². The molecule has 50 heavy (non-hydrogen) atoms. The molecule has 0 saturated carbocycles. The minimum atomic E-state index is -1.06. The fourth-order valence-electron chi connectivity index (χ4n) is 5.29. The minimum Gasteiger partial charge on any atom is -0.449 e. The Morgan fingerprint density at radius 2 is 1.50 bits per heavy atom. The predicted molar refractivity (Wildman–Crippen MR) is 195 cm³/mol. The molecule has 0 fully saturated rings.